The summed E-state index contributed by atoms with van der Waals surface area (Å²) in [6, 6.07) is 1.90. The largest absolute Gasteiger partial charge is 0.444 e. The minimum absolute atomic E-state index is 0.105. The molecule has 0 saturated carbocycles. The van der Waals surface area contributed by atoms with Crippen molar-refractivity contribution in [2.45, 2.75) is 57.7 Å². The summed E-state index contributed by atoms with van der Waals surface area (Å²) in [5.74, 6) is 2.48. The van der Waals surface area contributed by atoms with Crippen LogP contribution in [0.4, 0.5) is 16.2 Å². The molecule has 1 saturated heterocycles. The number of carbonyl (C=O) groups excluding carboxylic acids is 2. The van der Waals surface area contributed by atoms with Crippen LogP contribution in [0.15, 0.2) is 28.7 Å². The minimum Gasteiger partial charge on any atom is -0.444 e. The first-order chi connectivity index (χ1) is 14.7. The molecule has 0 radical (unpaired) electrons. The van der Waals surface area contributed by atoms with Gasteiger partial charge in [-0.3, -0.25) is 9.78 Å². The smallest absolute Gasteiger partial charge is 0.410 e. The number of ether oxygens (including phenoxy) is 1. The molecule has 0 aromatic carbocycles. The lowest BCUT2D eigenvalue weighted by Gasteiger charge is -2.36. The molecular weight excluding hydrogens is 396 g/mol. The number of pyridine rings is 1. The van der Waals surface area contributed by atoms with Gasteiger partial charge in [-0.2, -0.15) is 10.2 Å². The number of carbonyl (C=O) groups is 2. The third kappa shape index (κ3) is 6.67. The van der Waals surface area contributed by atoms with E-state index in [1.807, 2.05) is 26.8 Å². The predicted octanol–water partition coefficient (Wildman–Crippen LogP) is 3.43. The van der Waals surface area contributed by atoms with Gasteiger partial charge in [-0.25, -0.2) is 4.79 Å². The van der Waals surface area contributed by atoms with Gasteiger partial charge in [0.15, 0.2) is 5.66 Å². The van der Waals surface area contributed by atoms with Gasteiger partial charge < -0.3 is 19.9 Å². The molecule has 166 valence electrons. The van der Waals surface area contributed by atoms with Gasteiger partial charge in [0.2, 0.25) is 5.91 Å². The first kappa shape index (κ1) is 22.5. The minimum atomic E-state index is -0.507. The van der Waals surface area contributed by atoms with E-state index in [1.54, 1.807) is 17.3 Å². The van der Waals surface area contributed by atoms with E-state index < -0.39 is 11.3 Å². The van der Waals surface area contributed by atoms with Gasteiger partial charge in [0, 0.05) is 51.9 Å². The summed E-state index contributed by atoms with van der Waals surface area (Å²) in [6.45, 7) is 8.04. The third-order valence-electron chi connectivity index (χ3n) is 5.11. The molecule has 2 aliphatic rings. The van der Waals surface area contributed by atoms with Crippen molar-refractivity contribution in [3.05, 3.63) is 18.5 Å². The number of amides is 2. The second-order valence-electron chi connectivity index (χ2n) is 8.82. The zero-order valence-corrected chi connectivity index (χ0v) is 18.4. The standard InChI is InChI=1S/C22H30N6O3/c1-5-6-8-22(25-26-22)9-7-19(29)24-17-14-18(16-23-15-17)27-10-12-28(13-11-27)20(30)31-21(2,3)4/h1,14-16H,6-13H2,2-4H3,(H,24,29). The van der Waals surface area contributed by atoms with Crippen LogP contribution in [0.2, 0.25) is 0 Å². The summed E-state index contributed by atoms with van der Waals surface area (Å²) in [5.41, 5.74) is 0.573. The Bertz CT molecular complexity index is 872. The van der Waals surface area contributed by atoms with Crippen LogP contribution < -0.4 is 10.2 Å². The Morgan fingerprint density at radius 3 is 2.52 bits per heavy atom. The van der Waals surface area contributed by atoms with E-state index >= 15 is 0 Å². The fourth-order valence-electron chi connectivity index (χ4n) is 3.35. The van der Waals surface area contributed by atoms with Crippen molar-refractivity contribution >= 4 is 23.4 Å². The van der Waals surface area contributed by atoms with Crippen LogP contribution in [0.1, 0.15) is 46.5 Å². The molecule has 0 aliphatic carbocycles. The van der Waals surface area contributed by atoms with Crippen LogP contribution in [0.5, 0.6) is 0 Å². The summed E-state index contributed by atoms with van der Waals surface area (Å²) in [7, 11) is 0. The number of hydrogen-bond donors (Lipinski definition) is 1. The molecule has 1 N–H and O–H groups in total. The van der Waals surface area contributed by atoms with E-state index in [1.165, 1.54) is 0 Å². The molecule has 0 unspecified atom stereocenters. The maximum absolute atomic E-state index is 12.3. The molecule has 2 amide bonds. The van der Waals surface area contributed by atoms with E-state index in [-0.39, 0.29) is 12.0 Å². The Morgan fingerprint density at radius 1 is 1.19 bits per heavy atom. The Labute approximate surface area is 183 Å². The molecule has 9 nitrogen and oxygen atoms in total. The van der Waals surface area contributed by atoms with Gasteiger partial charge >= 0.3 is 6.09 Å². The van der Waals surface area contributed by atoms with Crippen molar-refractivity contribution in [3.63, 3.8) is 0 Å². The molecule has 1 aromatic rings. The maximum atomic E-state index is 12.3. The van der Waals surface area contributed by atoms with Gasteiger partial charge in [0.1, 0.15) is 5.60 Å². The average molecular weight is 427 g/mol. The molecule has 3 rings (SSSR count). The first-order valence-corrected chi connectivity index (χ1v) is 10.5. The molecule has 9 heteroatoms. The number of aromatic nitrogens is 1. The monoisotopic (exact) mass is 426 g/mol. The lowest BCUT2D eigenvalue weighted by Crippen LogP contribution is -2.50. The van der Waals surface area contributed by atoms with Gasteiger partial charge in [-0.05, 0) is 26.8 Å². The van der Waals surface area contributed by atoms with Crippen LogP contribution in [-0.2, 0) is 9.53 Å². The third-order valence-corrected chi connectivity index (χ3v) is 5.11. The number of hydrogen-bond acceptors (Lipinski definition) is 7. The Balaban J connectivity index is 1.48. The van der Waals surface area contributed by atoms with E-state index in [0.717, 1.165) is 5.69 Å². The van der Waals surface area contributed by atoms with Crippen molar-refractivity contribution in [1.29, 1.82) is 0 Å². The highest BCUT2D eigenvalue weighted by Gasteiger charge is 2.39. The van der Waals surface area contributed by atoms with Gasteiger partial charge in [0.05, 0.1) is 23.8 Å². The predicted molar refractivity (Wildman–Crippen MR) is 118 cm³/mol. The summed E-state index contributed by atoms with van der Waals surface area (Å²) in [4.78, 5) is 32.7. The van der Waals surface area contributed by atoms with E-state index in [2.05, 4.69) is 31.3 Å². The normalized spacial score (nSPS) is 17.1. The van der Waals surface area contributed by atoms with E-state index in [0.29, 0.717) is 57.5 Å². The second-order valence-corrected chi connectivity index (χ2v) is 8.82. The van der Waals surface area contributed by atoms with Crippen LogP contribution >= 0.6 is 0 Å². The molecule has 1 fully saturated rings. The molecule has 0 bridgehead atoms. The van der Waals surface area contributed by atoms with Crippen LogP contribution in [-0.4, -0.2) is 59.3 Å². The van der Waals surface area contributed by atoms with Gasteiger partial charge in [0.25, 0.3) is 0 Å². The van der Waals surface area contributed by atoms with Crippen molar-refractivity contribution in [3.8, 4) is 12.3 Å². The topological polar surface area (TPSA) is 99.5 Å². The molecule has 0 atom stereocenters. The van der Waals surface area contributed by atoms with Crippen molar-refractivity contribution in [2.75, 3.05) is 36.4 Å². The highest BCUT2D eigenvalue weighted by molar-refractivity contribution is 5.91. The lowest BCUT2D eigenvalue weighted by atomic mass is 10.0. The molecular formula is C22H30N6O3. The number of piperazine rings is 1. The molecule has 3 heterocycles. The first-order valence-electron chi connectivity index (χ1n) is 10.5. The number of nitrogens with one attached hydrogen (secondary N) is 1. The summed E-state index contributed by atoms with van der Waals surface area (Å²) >= 11 is 0. The zero-order valence-electron chi connectivity index (χ0n) is 18.4. The summed E-state index contributed by atoms with van der Waals surface area (Å²) in [6.07, 6.45) is 10.5. The molecule has 0 spiro atoms. The van der Waals surface area contributed by atoms with E-state index in [4.69, 9.17) is 11.2 Å². The fourth-order valence-corrected chi connectivity index (χ4v) is 3.35. The Kier molecular flexibility index (Phi) is 6.78. The lowest BCUT2D eigenvalue weighted by molar-refractivity contribution is -0.116. The van der Waals surface area contributed by atoms with E-state index in [9.17, 15) is 9.59 Å². The summed E-state index contributed by atoms with van der Waals surface area (Å²) in [5, 5.41) is 11.0. The zero-order chi connectivity index (χ0) is 22.5. The Morgan fingerprint density at radius 2 is 1.90 bits per heavy atom. The maximum Gasteiger partial charge on any atom is 0.410 e. The van der Waals surface area contributed by atoms with Gasteiger partial charge in [-0.15, -0.1) is 12.3 Å². The molecule has 31 heavy (non-hydrogen) atoms. The van der Waals surface area contributed by atoms with Crippen molar-refractivity contribution < 1.29 is 14.3 Å². The van der Waals surface area contributed by atoms with Crippen LogP contribution in [0.25, 0.3) is 0 Å². The highest BCUT2D eigenvalue weighted by Crippen LogP contribution is 2.37. The number of rotatable bonds is 7. The molecule has 2 aliphatic heterocycles. The van der Waals surface area contributed by atoms with Gasteiger partial charge in [-0.1, -0.05) is 0 Å². The van der Waals surface area contributed by atoms with Crippen molar-refractivity contribution in [2.24, 2.45) is 10.2 Å². The average Bonchev–Trinajstić information content (AvgIpc) is 3.50. The summed E-state index contributed by atoms with van der Waals surface area (Å²) < 4.78 is 5.44. The number of terminal acetylenes is 1. The Hall–Kier alpha value is -3.15. The number of anilines is 2. The highest BCUT2D eigenvalue weighted by atomic mass is 16.6. The second kappa shape index (κ2) is 9.33. The van der Waals surface area contributed by atoms with Crippen LogP contribution in [0, 0.1) is 12.3 Å². The van der Waals surface area contributed by atoms with Crippen molar-refractivity contribution in [1.82, 2.24) is 9.88 Å². The SMILES string of the molecule is C#CCCC1(CCC(=O)Nc2cncc(N3CCN(C(=O)OC(C)(C)C)CC3)c2)N=N1. The molecule has 1 aromatic heterocycles. The quantitative estimate of drug-likeness (QED) is 0.674. The van der Waals surface area contributed by atoms with Crippen LogP contribution in [0.3, 0.4) is 0 Å². The fraction of sp³-hybridized carbons (Fsp3) is 0.591. The number of nitrogens with zero attached hydrogens (tertiary/aromatic N) is 5.